The summed E-state index contributed by atoms with van der Waals surface area (Å²) < 4.78 is 55.7. The van der Waals surface area contributed by atoms with Crippen LogP contribution in [0.25, 0.3) is 0 Å². The third-order valence-corrected chi connectivity index (χ3v) is 4.07. The Balaban J connectivity index is 2.30. The van der Waals surface area contributed by atoms with E-state index in [1.54, 1.807) is 0 Å². The molecular weight excluding hydrogens is 432 g/mol. The number of carbonyl (C=O) groups excluding carboxylic acids is 2. The first-order valence-corrected chi connectivity index (χ1v) is 8.78. The number of methoxy groups -OCH3 is 1. The second-order valence-corrected chi connectivity index (χ2v) is 6.30. The third kappa shape index (κ3) is 6.04. The van der Waals surface area contributed by atoms with Crippen molar-refractivity contribution < 1.29 is 31.9 Å². The fraction of sp³-hybridized carbons (Fsp3) is 0.278. The van der Waals surface area contributed by atoms with Crippen molar-refractivity contribution in [3.63, 3.8) is 0 Å². The second kappa shape index (κ2) is 9.72. The molecule has 0 unspecified atom stereocenters. The lowest BCUT2D eigenvalue weighted by Gasteiger charge is -2.29. The molecular formula is C18H17ClF4N4O3. The number of amides is 1. The SMILES string of the molecule is CNN1C(C(=O)NCc2ccc(F)c(Cl)c2)=CC(C(=O)OC)=N/C1=C/CC(F)(F)F. The molecule has 1 aromatic carbocycles. The van der Waals surface area contributed by atoms with Gasteiger partial charge in [0.25, 0.3) is 5.91 Å². The minimum absolute atomic E-state index is 0.0555. The summed E-state index contributed by atoms with van der Waals surface area (Å²) in [6, 6.07) is 3.85. The summed E-state index contributed by atoms with van der Waals surface area (Å²) in [6.45, 7) is -0.0555. The Morgan fingerprint density at radius 1 is 1.33 bits per heavy atom. The van der Waals surface area contributed by atoms with Crippen LogP contribution < -0.4 is 10.7 Å². The normalized spacial score (nSPS) is 15.6. The number of carbonyl (C=O) groups is 2. The topological polar surface area (TPSA) is 83.0 Å². The molecule has 0 radical (unpaired) electrons. The number of allylic oxidation sites excluding steroid dienone is 1. The van der Waals surface area contributed by atoms with Crippen molar-refractivity contribution in [1.29, 1.82) is 0 Å². The van der Waals surface area contributed by atoms with Crippen LogP contribution in [0, 0.1) is 5.82 Å². The molecule has 2 rings (SSSR count). The molecule has 30 heavy (non-hydrogen) atoms. The highest BCUT2D eigenvalue weighted by atomic mass is 35.5. The summed E-state index contributed by atoms with van der Waals surface area (Å²) in [5.74, 6) is -2.60. The number of hydrogen-bond donors (Lipinski definition) is 2. The maximum Gasteiger partial charge on any atom is 0.392 e. The lowest BCUT2D eigenvalue weighted by Crippen LogP contribution is -2.43. The number of nitrogens with zero attached hydrogens (tertiary/aromatic N) is 2. The number of benzene rings is 1. The summed E-state index contributed by atoms with van der Waals surface area (Å²) in [6.07, 6.45) is -4.06. The van der Waals surface area contributed by atoms with Gasteiger partial charge in [-0.25, -0.2) is 19.6 Å². The number of aliphatic imine (C=N–C) groups is 1. The first kappa shape index (κ1) is 23.4. The van der Waals surface area contributed by atoms with Crippen molar-refractivity contribution >= 4 is 29.2 Å². The summed E-state index contributed by atoms with van der Waals surface area (Å²) in [5, 5.41) is 3.38. The molecule has 2 N–H and O–H groups in total. The first-order valence-electron chi connectivity index (χ1n) is 8.41. The lowest BCUT2D eigenvalue weighted by atomic mass is 10.2. The Bertz CT molecular complexity index is 928. The van der Waals surface area contributed by atoms with Gasteiger partial charge in [-0.3, -0.25) is 9.80 Å². The molecule has 1 aliphatic heterocycles. The van der Waals surface area contributed by atoms with Crippen LogP contribution in [0.2, 0.25) is 5.02 Å². The average molecular weight is 449 g/mol. The van der Waals surface area contributed by atoms with E-state index in [-0.39, 0.29) is 28.8 Å². The number of halogens is 5. The molecule has 0 saturated heterocycles. The molecule has 0 fully saturated rings. The molecule has 0 atom stereocenters. The summed E-state index contributed by atoms with van der Waals surface area (Å²) in [5.41, 5.74) is 2.48. The molecule has 0 aromatic heterocycles. The van der Waals surface area contributed by atoms with E-state index >= 15 is 0 Å². The molecule has 1 aliphatic rings. The van der Waals surface area contributed by atoms with Gasteiger partial charge in [-0.1, -0.05) is 17.7 Å². The lowest BCUT2D eigenvalue weighted by molar-refractivity contribution is -0.132. The van der Waals surface area contributed by atoms with Gasteiger partial charge in [0.15, 0.2) is 5.71 Å². The van der Waals surface area contributed by atoms with E-state index in [9.17, 15) is 27.2 Å². The van der Waals surface area contributed by atoms with E-state index in [0.29, 0.717) is 5.56 Å². The highest BCUT2D eigenvalue weighted by Gasteiger charge is 2.30. The smallest absolute Gasteiger partial charge is 0.392 e. The number of hydrogen-bond acceptors (Lipinski definition) is 6. The maximum atomic E-state index is 13.3. The van der Waals surface area contributed by atoms with Gasteiger partial charge in [0.05, 0.1) is 18.6 Å². The van der Waals surface area contributed by atoms with Crippen LogP contribution in [-0.4, -0.2) is 42.9 Å². The van der Waals surface area contributed by atoms with Crippen LogP contribution in [0.3, 0.4) is 0 Å². The van der Waals surface area contributed by atoms with Gasteiger partial charge in [0.1, 0.15) is 17.3 Å². The van der Waals surface area contributed by atoms with E-state index in [1.807, 2.05) is 0 Å². The van der Waals surface area contributed by atoms with Gasteiger partial charge in [-0.15, -0.1) is 0 Å². The van der Waals surface area contributed by atoms with Gasteiger partial charge in [0, 0.05) is 19.7 Å². The quantitative estimate of drug-likeness (QED) is 0.516. The number of alkyl halides is 3. The van der Waals surface area contributed by atoms with Crippen LogP contribution >= 0.6 is 11.6 Å². The fourth-order valence-electron chi connectivity index (χ4n) is 2.40. The van der Waals surface area contributed by atoms with Gasteiger partial charge < -0.3 is 10.1 Å². The Morgan fingerprint density at radius 2 is 2.03 bits per heavy atom. The molecule has 162 valence electrons. The Hall–Kier alpha value is -2.92. The predicted octanol–water partition coefficient (Wildman–Crippen LogP) is 2.84. The minimum Gasteiger partial charge on any atom is -0.464 e. The van der Waals surface area contributed by atoms with Crippen LogP contribution in [-0.2, 0) is 20.9 Å². The van der Waals surface area contributed by atoms with Gasteiger partial charge in [-0.05, 0) is 23.8 Å². The largest absolute Gasteiger partial charge is 0.464 e. The number of nitrogens with one attached hydrogen (secondary N) is 2. The number of ether oxygens (including phenoxy) is 1. The summed E-state index contributed by atoms with van der Waals surface area (Å²) >= 11 is 5.70. The minimum atomic E-state index is -4.52. The van der Waals surface area contributed by atoms with E-state index in [0.717, 1.165) is 30.3 Å². The van der Waals surface area contributed by atoms with Gasteiger partial charge in [0.2, 0.25) is 0 Å². The summed E-state index contributed by atoms with van der Waals surface area (Å²) in [7, 11) is 2.43. The molecule has 1 heterocycles. The van der Waals surface area contributed by atoms with Crippen molar-refractivity contribution in [2.45, 2.75) is 19.1 Å². The number of hydrazine groups is 1. The van der Waals surface area contributed by atoms with Crippen molar-refractivity contribution in [2.24, 2.45) is 4.99 Å². The highest BCUT2D eigenvalue weighted by Crippen LogP contribution is 2.25. The zero-order chi connectivity index (χ0) is 22.5. The number of rotatable bonds is 6. The van der Waals surface area contributed by atoms with Crippen molar-refractivity contribution in [3.8, 4) is 0 Å². The van der Waals surface area contributed by atoms with Crippen molar-refractivity contribution in [2.75, 3.05) is 14.2 Å². The van der Waals surface area contributed by atoms with Crippen molar-refractivity contribution in [1.82, 2.24) is 15.8 Å². The van der Waals surface area contributed by atoms with Crippen molar-refractivity contribution in [3.05, 3.63) is 58.3 Å². The van der Waals surface area contributed by atoms with Gasteiger partial charge >= 0.3 is 12.1 Å². The Morgan fingerprint density at radius 3 is 2.60 bits per heavy atom. The van der Waals surface area contributed by atoms with E-state index in [4.69, 9.17) is 11.6 Å². The van der Waals surface area contributed by atoms with E-state index < -0.39 is 30.3 Å². The third-order valence-electron chi connectivity index (χ3n) is 3.78. The standard InChI is InChI=1S/C18H17ClF4N4O3/c1-24-27-14(16(28)25-9-10-3-4-12(20)11(19)7-10)8-13(17(29)30-2)26-15(27)5-6-18(21,22)23/h3-5,7-8,24H,6,9H2,1-2H3,(H,25,28)/b15-5-. The monoisotopic (exact) mass is 448 g/mol. The summed E-state index contributed by atoms with van der Waals surface area (Å²) in [4.78, 5) is 28.4. The fourth-order valence-corrected chi connectivity index (χ4v) is 2.60. The highest BCUT2D eigenvalue weighted by molar-refractivity contribution is 6.42. The average Bonchev–Trinajstić information content (AvgIpc) is 2.70. The van der Waals surface area contributed by atoms with E-state index in [2.05, 4.69) is 20.5 Å². The predicted molar refractivity (Wildman–Crippen MR) is 100 cm³/mol. The van der Waals surface area contributed by atoms with Gasteiger partial charge in [-0.2, -0.15) is 13.2 Å². The maximum absolute atomic E-state index is 13.3. The zero-order valence-electron chi connectivity index (χ0n) is 15.8. The molecule has 0 aliphatic carbocycles. The van der Waals surface area contributed by atoms with Crippen LogP contribution in [0.4, 0.5) is 17.6 Å². The molecule has 12 heteroatoms. The molecule has 1 amide bonds. The Labute approximate surface area is 174 Å². The molecule has 0 saturated carbocycles. The molecule has 1 aromatic rings. The first-order chi connectivity index (χ1) is 14.1. The van der Waals surface area contributed by atoms with Crippen LogP contribution in [0.15, 0.2) is 46.9 Å². The zero-order valence-corrected chi connectivity index (χ0v) is 16.6. The van der Waals surface area contributed by atoms with Crippen LogP contribution in [0.5, 0.6) is 0 Å². The Kier molecular flexibility index (Phi) is 7.57. The molecule has 0 spiro atoms. The van der Waals surface area contributed by atoms with E-state index in [1.165, 1.54) is 19.2 Å². The second-order valence-electron chi connectivity index (χ2n) is 5.89. The molecule has 0 bridgehead atoms. The number of esters is 1. The van der Waals surface area contributed by atoms with Crippen LogP contribution in [0.1, 0.15) is 12.0 Å². The molecule has 7 nitrogen and oxygen atoms in total.